The molecular formula is C19H24N6O2S. The highest BCUT2D eigenvalue weighted by Gasteiger charge is 2.14. The third-order valence-corrected chi connectivity index (χ3v) is 5.09. The molecule has 8 nitrogen and oxygen atoms in total. The normalized spacial score (nSPS) is 10.8. The standard InChI is InChI=1S/C19H24N6O2S/c1-4-5-12-24-17(10-11-20-24)21-18(26)13-28-19-23-22-14(2)25(19)15-6-8-16(27-3)9-7-15/h6-11H,4-5,12-13H2,1-3H3,(H,21,26). The van der Waals surface area contributed by atoms with Crippen LogP contribution in [-0.4, -0.2) is 43.3 Å². The van der Waals surface area contributed by atoms with Crippen molar-refractivity contribution in [1.29, 1.82) is 0 Å². The van der Waals surface area contributed by atoms with Crippen LogP contribution in [0.3, 0.4) is 0 Å². The maximum atomic E-state index is 12.4. The predicted octanol–water partition coefficient (Wildman–Crippen LogP) is 3.31. The van der Waals surface area contributed by atoms with E-state index in [1.807, 2.05) is 46.5 Å². The minimum Gasteiger partial charge on any atom is -0.497 e. The Bertz CT molecular complexity index is 919. The van der Waals surface area contributed by atoms with E-state index in [9.17, 15) is 4.79 Å². The Morgan fingerprint density at radius 1 is 1.21 bits per heavy atom. The van der Waals surface area contributed by atoms with Crippen molar-refractivity contribution in [3.8, 4) is 11.4 Å². The van der Waals surface area contributed by atoms with E-state index in [1.54, 1.807) is 13.3 Å². The number of unbranched alkanes of at least 4 members (excludes halogenated alkanes) is 1. The van der Waals surface area contributed by atoms with Crippen molar-refractivity contribution in [2.45, 2.75) is 38.4 Å². The molecule has 0 aliphatic rings. The topological polar surface area (TPSA) is 86.9 Å². The van der Waals surface area contributed by atoms with E-state index in [0.717, 1.165) is 36.6 Å². The minimum atomic E-state index is -0.106. The largest absolute Gasteiger partial charge is 0.497 e. The highest BCUT2D eigenvalue weighted by molar-refractivity contribution is 7.99. The summed E-state index contributed by atoms with van der Waals surface area (Å²) in [7, 11) is 1.63. The number of aromatic nitrogens is 5. The number of carbonyl (C=O) groups is 1. The number of aryl methyl sites for hydroxylation is 2. The van der Waals surface area contributed by atoms with Gasteiger partial charge in [-0.3, -0.25) is 9.36 Å². The molecule has 1 N–H and O–H groups in total. The number of carbonyl (C=O) groups excluding carboxylic acids is 1. The zero-order valence-corrected chi connectivity index (χ0v) is 17.1. The van der Waals surface area contributed by atoms with E-state index in [-0.39, 0.29) is 11.7 Å². The molecule has 0 atom stereocenters. The van der Waals surface area contributed by atoms with Gasteiger partial charge in [-0.2, -0.15) is 5.10 Å². The zero-order valence-electron chi connectivity index (χ0n) is 16.3. The number of nitrogens with zero attached hydrogens (tertiary/aromatic N) is 5. The number of amides is 1. The summed E-state index contributed by atoms with van der Waals surface area (Å²) in [6, 6.07) is 9.44. The summed E-state index contributed by atoms with van der Waals surface area (Å²) >= 11 is 1.34. The van der Waals surface area contributed by atoms with Crippen LogP contribution in [0.25, 0.3) is 5.69 Å². The number of nitrogens with one attached hydrogen (secondary N) is 1. The van der Waals surface area contributed by atoms with E-state index in [1.165, 1.54) is 11.8 Å². The zero-order chi connectivity index (χ0) is 19.9. The molecule has 0 saturated heterocycles. The average Bonchev–Trinajstić information content (AvgIpc) is 3.30. The lowest BCUT2D eigenvalue weighted by molar-refractivity contribution is -0.113. The van der Waals surface area contributed by atoms with Crippen molar-refractivity contribution in [3.05, 3.63) is 42.4 Å². The Balaban J connectivity index is 1.65. The van der Waals surface area contributed by atoms with Gasteiger partial charge in [0.05, 0.1) is 19.1 Å². The Hall–Kier alpha value is -2.81. The molecule has 9 heteroatoms. The number of benzene rings is 1. The van der Waals surface area contributed by atoms with Crippen LogP contribution in [0.15, 0.2) is 41.7 Å². The number of thioether (sulfide) groups is 1. The third-order valence-electron chi connectivity index (χ3n) is 4.17. The van der Waals surface area contributed by atoms with Gasteiger partial charge in [-0.05, 0) is 37.6 Å². The molecule has 0 bridgehead atoms. The van der Waals surface area contributed by atoms with Crippen molar-refractivity contribution in [1.82, 2.24) is 24.5 Å². The number of anilines is 1. The lowest BCUT2D eigenvalue weighted by Gasteiger charge is -2.10. The fourth-order valence-electron chi connectivity index (χ4n) is 2.70. The maximum Gasteiger partial charge on any atom is 0.235 e. The molecule has 2 heterocycles. The van der Waals surface area contributed by atoms with Gasteiger partial charge in [-0.25, -0.2) is 4.68 Å². The van der Waals surface area contributed by atoms with Gasteiger partial charge >= 0.3 is 0 Å². The van der Waals surface area contributed by atoms with Gasteiger partial charge in [0.2, 0.25) is 5.91 Å². The Kier molecular flexibility index (Phi) is 6.70. The molecule has 148 valence electrons. The Labute approximate surface area is 168 Å². The molecule has 0 aliphatic heterocycles. The van der Waals surface area contributed by atoms with Crippen molar-refractivity contribution in [3.63, 3.8) is 0 Å². The van der Waals surface area contributed by atoms with E-state index in [0.29, 0.717) is 11.0 Å². The molecule has 3 aromatic rings. The first-order chi connectivity index (χ1) is 13.6. The molecule has 2 aromatic heterocycles. The molecule has 1 aromatic carbocycles. The van der Waals surface area contributed by atoms with Crippen LogP contribution < -0.4 is 10.1 Å². The Morgan fingerprint density at radius 3 is 2.71 bits per heavy atom. The first-order valence-corrected chi connectivity index (χ1v) is 10.1. The summed E-state index contributed by atoms with van der Waals surface area (Å²) in [6.07, 6.45) is 3.79. The van der Waals surface area contributed by atoms with Crippen LogP contribution in [0.2, 0.25) is 0 Å². The summed E-state index contributed by atoms with van der Waals surface area (Å²) in [6.45, 7) is 4.80. The van der Waals surface area contributed by atoms with Crippen LogP contribution in [0, 0.1) is 6.92 Å². The summed E-state index contributed by atoms with van der Waals surface area (Å²) in [5, 5.41) is 16.2. The molecule has 0 radical (unpaired) electrons. The second kappa shape index (κ2) is 9.41. The molecule has 1 amide bonds. The number of hydrogen-bond donors (Lipinski definition) is 1. The number of methoxy groups -OCH3 is 1. The molecule has 0 saturated carbocycles. The average molecular weight is 401 g/mol. The highest BCUT2D eigenvalue weighted by Crippen LogP contribution is 2.23. The molecule has 3 rings (SSSR count). The maximum absolute atomic E-state index is 12.4. The lowest BCUT2D eigenvalue weighted by Crippen LogP contribution is -2.18. The third kappa shape index (κ3) is 4.72. The van der Waals surface area contributed by atoms with Crippen LogP contribution in [-0.2, 0) is 11.3 Å². The van der Waals surface area contributed by atoms with Crippen molar-refractivity contribution >= 4 is 23.5 Å². The van der Waals surface area contributed by atoms with Crippen LogP contribution in [0.4, 0.5) is 5.82 Å². The van der Waals surface area contributed by atoms with Crippen molar-refractivity contribution in [2.75, 3.05) is 18.2 Å². The smallest absolute Gasteiger partial charge is 0.235 e. The summed E-state index contributed by atoms with van der Waals surface area (Å²) < 4.78 is 8.94. The molecule has 0 spiro atoms. The second-order valence-corrected chi connectivity index (χ2v) is 7.14. The molecular weight excluding hydrogens is 376 g/mol. The van der Waals surface area contributed by atoms with Crippen molar-refractivity contribution in [2.24, 2.45) is 0 Å². The lowest BCUT2D eigenvalue weighted by atomic mass is 10.3. The van der Waals surface area contributed by atoms with Gasteiger partial charge in [0.15, 0.2) is 5.16 Å². The van der Waals surface area contributed by atoms with E-state index in [4.69, 9.17) is 4.74 Å². The van der Waals surface area contributed by atoms with Crippen LogP contribution in [0.1, 0.15) is 25.6 Å². The van der Waals surface area contributed by atoms with Crippen molar-refractivity contribution < 1.29 is 9.53 Å². The second-order valence-electron chi connectivity index (χ2n) is 6.19. The minimum absolute atomic E-state index is 0.106. The molecule has 0 fully saturated rings. The van der Waals surface area contributed by atoms with E-state index in [2.05, 4.69) is 27.5 Å². The fourth-order valence-corrected chi connectivity index (χ4v) is 3.50. The fraction of sp³-hybridized carbons (Fsp3) is 0.368. The van der Waals surface area contributed by atoms with E-state index >= 15 is 0 Å². The number of ether oxygens (including phenoxy) is 1. The SMILES string of the molecule is CCCCn1nccc1NC(=O)CSc1nnc(C)n1-c1ccc(OC)cc1. The van der Waals surface area contributed by atoms with Gasteiger partial charge < -0.3 is 10.1 Å². The Morgan fingerprint density at radius 2 is 2.00 bits per heavy atom. The predicted molar refractivity (Wildman–Crippen MR) is 109 cm³/mol. The summed E-state index contributed by atoms with van der Waals surface area (Å²) in [4.78, 5) is 12.4. The van der Waals surface area contributed by atoms with Gasteiger partial charge in [0.25, 0.3) is 0 Å². The van der Waals surface area contributed by atoms with Crippen LogP contribution >= 0.6 is 11.8 Å². The van der Waals surface area contributed by atoms with Crippen LogP contribution in [0.5, 0.6) is 5.75 Å². The number of hydrogen-bond acceptors (Lipinski definition) is 6. The summed E-state index contributed by atoms with van der Waals surface area (Å²) in [5.41, 5.74) is 0.920. The number of rotatable bonds is 9. The van der Waals surface area contributed by atoms with Gasteiger partial charge in [-0.1, -0.05) is 25.1 Å². The first-order valence-electron chi connectivity index (χ1n) is 9.13. The van der Waals surface area contributed by atoms with Gasteiger partial charge in [-0.15, -0.1) is 10.2 Å². The summed E-state index contributed by atoms with van der Waals surface area (Å²) in [5.74, 6) is 2.37. The van der Waals surface area contributed by atoms with Gasteiger partial charge in [0, 0.05) is 18.3 Å². The molecule has 28 heavy (non-hydrogen) atoms. The first kappa shape index (κ1) is 19.9. The van der Waals surface area contributed by atoms with Gasteiger partial charge in [0.1, 0.15) is 17.4 Å². The molecule has 0 unspecified atom stereocenters. The monoisotopic (exact) mass is 400 g/mol. The highest BCUT2D eigenvalue weighted by atomic mass is 32.2. The quantitative estimate of drug-likeness (QED) is 0.555. The van der Waals surface area contributed by atoms with E-state index < -0.39 is 0 Å². The molecule has 0 aliphatic carbocycles.